The number of hydrogen-bond donors (Lipinski definition) is 1. The van der Waals surface area contributed by atoms with Crippen LogP contribution in [0.15, 0.2) is 53.8 Å². The number of nitrogens with zero attached hydrogens (tertiary/aromatic N) is 2. The molecule has 28 heavy (non-hydrogen) atoms. The van der Waals surface area contributed by atoms with Crippen molar-refractivity contribution >= 4 is 33.8 Å². The lowest BCUT2D eigenvalue weighted by Crippen LogP contribution is -2.20. The molecule has 7 heteroatoms. The Balaban J connectivity index is 1.79. The van der Waals surface area contributed by atoms with Crippen LogP contribution in [0.25, 0.3) is 16.5 Å². The van der Waals surface area contributed by atoms with Gasteiger partial charge in [0.2, 0.25) is 0 Å². The van der Waals surface area contributed by atoms with E-state index in [4.69, 9.17) is 21.1 Å². The number of nitroso groups, excluding NO2 is 1. The highest BCUT2D eigenvalue weighted by atomic mass is 35.5. The molecule has 0 radical (unpaired) electrons. The van der Waals surface area contributed by atoms with Crippen molar-refractivity contribution in [3.05, 3.63) is 64.2 Å². The molecule has 0 fully saturated rings. The molecule has 1 aliphatic rings. The summed E-state index contributed by atoms with van der Waals surface area (Å²) >= 11 is 6.06. The minimum absolute atomic E-state index is 0.179. The van der Waals surface area contributed by atoms with Crippen LogP contribution < -0.4 is 14.8 Å². The zero-order chi connectivity index (χ0) is 19.5. The molecule has 1 N–H and O–H groups in total. The number of rotatable bonds is 5. The van der Waals surface area contributed by atoms with Gasteiger partial charge in [-0.25, -0.2) is 0 Å². The average molecular weight is 396 g/mol. The number of hydrogen-bond acceptors (Lipinski definition) is 6. The van der Waals surface area contributed by atoms with Crippen molar-refractivity contribution < 1.29 is 9.47 Å². The van der Waals surface area contributed by atoms with Gasteiger partial charge in [-0.1, -0.05) is 17.7 Å². The van der Waals surface area contributed by atoms with Crippen molar-refractivity contribution in [1.29, 1.82) is 0 Å². The summed E-state index contributed by atoms with van der Waals surface area (Å²) in [5.41, 5.74) is 3.22. The maximum atomic E-state index is 10.7. The molecule has 142 valence electrons. The molecule has 0 amide bonds. The Morgan fingerprint density at radius 2 is 2.07 bits per heavy atom. The molecule has 0 saturated carbocycles. The predicted molar refractivity (Wildman–Crippen MR) is 111 cm³/mol. The molecule has 6 nitrogen and oxygen atoms in total. The van der Waals surface area contributed by atoms with Crippen molar-refractivity contribution in [3.8, 4) is 17.2 Å². The van der Waals surface area contributed by atoms with E-state index in [1.807, 2.05) is 6.07 Å². The Hall–Kier alpha value is -2.96. The summed E-state index contributed by atoms with van der Waals surface area (Å²) in [4.78, 5) is 15.2. The quantitative estimate of drug-likeness (QED) is 0.580. The van der Waals surface area contributed by atoms with Crippen LogP contribution in [0.4, 0.5) is 5.69 Å². The first kappa shape index (κ1) is 18.4. The Labute approximate surface area is 167 Å². The summed E-state index contributed by atoms with van der Waals surface area (Å²) in [5, 5.41) is 7.31. The standard InChI is InChI=1S/C21H18ClN3O3/c1-27-21-12-19-16(11-15(21)13-4-7-23-8-5-13)20(6-9-24-19)28-14-2-3-18(25-26)17(22)10-14/h2-4,6,9-12,23H,5,7-8H2,1H3. The predicted octanol–water partition coefficient (Wildman–Crippen LogP) is 5.46. The number of halogens is 1. The summed E-state index contributed by atoms with van der Waals surface area (Å²) < 4.78 is 11.7. The fourth-order valence-electron chi connectivity index (χ4n) is 3.28. The van der Waals surface area contributed by atoms with Gasteiger partial charge in [-0.2, -0.15) is 0 Å². The van der Waals surface area contributed by atoms with Crippen molar-refractivity contribution in [1.82, 2.24) is 10.3 Å². The SMILES string of the molecule is COc1cc2nccc(Oc3ccc(N=O)c(Cl)c3)c2cc1C1=CCNCC1. The first-order chi connectivity index (χ1) is 13.7. The summed E-state index contributed by atoms with van der Waals surface area (Å²) in [6.07, 6.45) is 4.78. The normalized spacial score (nSPS) is 13.9. The second-order valence-electron chi connectivity index (χ2n) is 6.37. The van der Waals surface area contributed by atoms with Gasteiger partial charge in [0.25, 0.3) is 0 Å². The van der Waals surface area contributed by atoms with Gasteiger partial charge in [0.05, 0.1) is 17.6 Å². The fraction of sp³-hybridized carbons (Fsp3) is 0.190. The molecule has 1 aliphatic heterocycles. The van der Waals surface area contributed by atoms with Crippen LogP contribution in [0, 0.1) is 4.91 Å². The molecular weight excluding hydrogens is 378 g/mol. The topological polar surface area (TPSA) is 72.8 Å². The van der Waals surface area contributed by atoms with Crippen LogP contribution in [0.1, 0.15) is 12.0 Å². The summed E-state index contributed by atoms with van der Waals surface area (Å²) in [7, 11) is 1.66. The van der Waals surface area contributed by atoms with E-state index in [1.165, 1.54) is 11.6 Å². The lowest BCUT2D eigenvalue weighted by molar-refractivity contribution is 0.413. The molecule has 0 saturated heterocycles. The number of pyridine rings is 1. The lowest BCUT2D eigenvalue weighted by atomic mass is 9.97. The van der Waals surface area contributed by atoms with E-state index < -0.39 is 0 Å². The van der Waals surface area contributed by atoms with E-state index in [1.54, 1.807) is 31.5 Å². The number of fused-ring (bicyclic) bond motifs is 1. The molecule has 4 rings (SSSR count). The van der Waals surface area contributed by atoms with Gasteiger partial charge < -0.3 is 14.8 Å². The highest BCUT2D eigenvalue weighted by Crippen LogP contribution is 2.38. The Kier molecular flexibility index (Phi) is 5.23. The average Bonchev–Trinajstić information content (AvgIpc) is 2.74. The third kappa shape index (κ3) is 3.56. The fourth-order valence-corrected chi connectivity index (χ4v) is 3.48. The molecule has 0 aliphatic carbocycles. The second kappa shape index (κ2) is 7.96. The first-order valence-corrected chi connectivity index (χ1v) is 9.25. The van der Waals surface area contributed by atoms with Crippen LogP contribution in [-0.2, 0) is 0 Å². The number of aromatic nitrogens is 1. The number of ether oxygens (including phenoxy) is 2. The van der Waals surface area contributed by atoms with E-state index in [0.29, 0.717) is 11.5 Å². The van der Waals surface area contributed by atoms with Crippen LogP contribution in [0.2, 0.25) is 5.02 Å². The van der Waals surface area contributed by atoms with Crippen LogP contribution in [-0.4, -0.2) is 25.2 Å². The Morgan fingerprint density at radius 1 is 1.18 bits per heavy atom. The highest BCUT2D eigenvalue weighted by Gasteiger charge is 2.15. The van der Waals surface area contributed by atoms with E-state index >= 15 is 0 Å². The van der Waals surface area contributed by atoms with Gasteiger partial charge in [0, 0.05) is 35.8 Å². The minimum Gasteiger partial charge on any atom is -0.496 e. The Bertz CT molecular complexity index is 1080. The van der Waals surface area contributed by atoms with Gasteiger partial charge in [0.1, 0.15) is 22.9 Å². The summed E-state index contributed by atoms with van der Waals surface area (Å²) in [6, 6.07) is 10.5. The third-order valence-electron chi connectivity index (χ3n) is 4.68. The molecule has 2 heterocycles. The smallest absolute Gasteiger partial charge is 0.138 e. The van der Waals surface area contributed by atoms with E-state index in [2.05, 4.69) is 27.6 Å². The maximum absolute atomic E-state index is 10.7. The molecule has 0 unspecified atom stereocenters. The lowest BCUT2D eigenvalue weighted by Gasteiger charge is -2.18. The van der Waals surface area contributed by atoms with Crippen LogP contribution >= 0.6 is 11.6 Å². The van der Waals surface area contributed by atoms with Gasteiger partial charge in [0.15, 0.2) is 0 Å². The molecule has 0 bridgehead atoms. The van der Waals surface area contributed by atoms with Crippen molar-refractivity contribution in [2.45, 2.75) is 6.42 Å². The van der Waals surface area contributed by atoms with Gasteiger partial charge in [-0.3, -0.25) is 4.98 Å². The van der Waals surface area contributed by atoms with Crippen molar-refractivity contribution in [2.24, 2.45) is 5.18 Å². The van der Waals surface area contributed by atoms with E-state index in [9.17, 15) is 4.91 Å². The monoisotopic (exact) mass is 395 g/mol. The zero-order valence-corrected chi connectivity index (χ0v) is 16.0. The van der Waals surface area contributed by atoms with Crippen molar-refractivity contribution in [2.75, 3.05) is 20.2 Å². The molecule has 1 aromatic heterocycles. The van der Waals surface area contributed by atoms with Gasteiger partial charge in [-0.15, -0.1) is 4.91 Å². The molecular formula is C21H18ClN3O3. The third-order valence-corrected chi connectivity index (χ3v) is 4.98. The first-order valence-electron chi connectivity index (χ1n) is 8.87. The van der Waals surface area contributed by atoms with Crippen molar-refractivity contribution in [3.63, 3.8) is 0 Å². The van der Waals surface area contributed by atoms with Crippen LogP contribution in [0.5, 0.6) is 17.2 Å². The summed E-state index contributed by atoms with van der Waals surface area (Å²) in [6.45, 7) is 1.77. The number of benzene rings is 2. The maximum Gasteiger partial charge on any atom is 0.138 e. The molecule has 3 aromatic rings. The largest absolute Gasteiger partial charge is 0.496 e. The van der Waals surface area contributed by atoms with E-state index in [0.717, 1.165) is 41.7 Å². The highest BCUT2D eigenvalue weighted by molar-refractivity contribution is 6.33. The second-order valence-corrected chi connectivity index (χ2v) is 6.78. The zero-order valence-electron chi connectivity index (χ0n) is 15.2. The minimum atomic E-state index is 0.179. The molecule has 0 atom stereocenters. The number of nitrogens with one attached hydrogen (secondary N) is 1. The van der Waals surface area contributed by atoms with Crippen LogP contribution in [0.3, 0.4) is 0 Å². The number of methoxy groups -OCH3 is 1. The van der Waals surface area contributed by atoms with Gasteiger partial charge in [-0.05, 0) is 48.0 Å². The Morgan fingerprint density at radius 3 is 2.79 bits per heavy atom. The summed E-state index contributed by atoms with van der Waals surface area (Å²) in [5.74, 6) is 1.95. The van der Waals surface area contributed by atoms with Gasteiger partial charge >= 0.3 is 0 Å². The molecule has 0 spiro atoms. The van der Waals surface area contributed by atoms with E-state index in [-0.39, 0.29) is 10.7 Å². The molecule has 2 aromatic carbocycles.